The number of halogens is 1. The number of thioether (sulfide) groups is 1. The summed E-state index contributed by atoms with van der Waals surface area (Å²) in [5.41, 5.74) is 0.734. The minimum absolute atomic E-state index is 0.0817. The van der Waals surface area contributed by atoms with Gasteiger partial charge in [-0.25, -0.2) is 4.39 Å². The Kier molecular flexibility index (Phi) is 6.92. The van der Waals surface area contributed by atoms with Crippen molar-refractivity contribution < 1.29 is 9.18 Å². The fraction of sp³-hybridized carbons (Fsp3) is 0.333. The highest BCUT2D eigenvalue weighted by Crippen LogP contribution is 2.27. The SMILES string of the molecule is C=CCn1c(S[C@@H](C)C(=O)N(C)CCC#N)nnc1-c1ccc(F)cc1. The predicted molar refractivity (Wildman–Crippen MR) is 98.8 cm³/mol. The van der Waals surface area contributed by atoms with Crippen LogP contribution < -0.4 is 0 Å². The van der Waals surface area contributed by atoms with Gasteiger partial charge in [-0.3, -0.25) is 9.36 Å². The molecule has 0 aliphatic rings. The van der Waals surface area contributed by atoms with Gasteiger partial charge in [0, 0.05) is 25.7 Å². The Labute approximate surface area is 156 Å². The Morgan fingerprint density at radius 1 is 1.46 bits per heavy atom. The van der Waals surface area contributed by atoms with Crippen LogP contribution in [0, 0.1) is 17.1 Å². The second-order valence-electron chi connectivity index (χ2n) is 5.64. The third-order valence-electron chi connectivity index (χ3n) is 3.70. The highest BCUT2D eigenvalue weighted by molar-refractivity contribution is 8.00. The van der Waals surface area contributed by atoms with Crippen LogP contribution in [0.2, 0.25) is 0 Å². The van der Waals surface area contributed by atoms with Crippen LogP contribution in [0.1, 0.15) is 13.3 Å². The molecule has 2 aromatic rings. The average Bonchev–Trinajstić information content (AvgIpc) is 3.02. The van der Waals surface area contributed by atoms with E-state index in [2.05, 4.69) is 16.8 Å². The molecule has 0 saturated carbocycles. The third-order valence-corrected chi connectivity index (χ3v) is 4.76. The molecule has 1 aromatic heterocycles. The molecule has 0 fully saturated rings. The minimum Gasteiger partial charge on any atom is -0.344 e. The zero-order valence-electron chi connectivity index (χ0n) is 14.7. The van der Waals surface area contributed by atoms with Gasteiger partial charge >= 0.3 is 0 Å². The summed E-state index contributed by atoms with van der Waals surface area (Å²) in [7, 11) is 1.68. The zero-order valence-corrected chi connectivity index (χ0v) is 15.5. The number of amides is 1. The van der Waals surface area contributed by atoms with E-state index < -0.39 is 0 Å². The maximum absolute atomic E-state index is 13.2. The molecular weight excluding hydrogens is 353 g/mol. The smallest absolute Gasteiger partial charge is 0.235 e. The molecule has 0 saturated heterocycles. The van der Waals surface area contributed by atoms with E-state index in [0.717, 1.165) is 5.56 Å². The van der Waals surface area contributed by atoms with Crippen molar-refractivity contribution >= 4 is 17.7 Å². The van der Waals surface area contributed by atoms with E-state index in [1.165, 1.54) is 28.8 Å². The molecule has 0 aliphatic heterocycles. The topological polar surface area (TPSA) is 74.8 Å². The molecule has 26 heavy (non-hydrogen) atoms. The maximum Gasteiger partial charge on any atom is 0.235 e. The number of allylic oxidation sites excluding steroid dienone is 1. The number of benzene rings is 1. The van der Waals surface area contributed by atoms with Crippen LogP contribution in [-0.2, 0) is 11.3 Å². The first-order chi connectivity index (χ1) is 12.5. The van der Waals surface area contributed by atoms with Crippen LogP contribution in [0.25, 0.3) is 11.4 Å². The third kappa shape index (κ3) is 4.70. The first kappa shape index (κ1) is 19.7. The summed E-state index contributed by atoms with van der Waals surface area (Å²) in [5, 5.41) is 17.2. The van der Waals surface area contributed by atoms with Crippen molar-refractivity contribution in [2.75, 3.05) is 13.6 Å². The van der Waals surface area contributed by atoms with Crippen molar-refractivity contribution in [2.24, 2.45) is 0 Å². The molecule has 0 aliphatic carbocycles. The average molecular weight is 373 g/mol. The number of hydrogen-bond acceptors (Lipinski definition) is 5. The lowest BCUT2D eigenvalue weighted by Crippen LogP contribution is -2.34. The van der Waals surface area contributed by atoms with Crippen molar-refractivity contribution in [3.05, 3.63) is 42.7 Å². The number of rotatable bonds is 8. The van der Waals surface area contributed by atoms with Crippen LogP contribution in [0.4, 0.5) is 4.39 Å². The van der Waals surface area contributed by atoms with Crippen LogP contribution in [0.5, 0.6) is 0 Å². The number of hydrogen-bond donors (Lipinski definition) is 0. The summed E-state index contributed by atoms with van der Waals surface area (Å²) in [4.78, 5) is 14.0. The zero-order chi connectivity index (χ0) is 19.1. The van der Waals surface area contributed by atoms with Crippen molar-refractivity contribution in [3.63, 3.8) is 0 Å². The van der Waals surface area contributed by atoms with Gasteiger partial charge in [0.1, 0.15) is 5.82 Å². The molecule has 1 aromatic carbocycles. The molecule has 0 N–H and O–H groups in total. The Balaban J connectivity index is 2.21. The predicted octanol–water partition coefficient (Wildman–Crippen LogP) is 3.12. The lowest BCUT2D eigenvalue weighted by atomic mass is 10.2. The molecule has 0 bridgehead atoms. The van der Waals surface area contributed by atoms with Crippen molar-refractivity contribution in [1.82, 2.24) is 19.7 Å². The van der Waals surface area contributed by atoms with Gasteiger partial charge in [-0.2, -0.15) is 5.26 Å². The fourth-order valence-corrected chi connectivity index (χ4v) is 3.30. The van der Waals surface area contributed by atoms with Gasteiger partial charge in [-0.1, -0.05) is 17.8 Å². The van der Waals surface area contributed by atoms with Crippen molar-refractivity contribution in [3.8, 4) is 17.5 Å². The van der Waals surface area contributed by atoms with Crippen LogP contribution in [0.15, 0.2) is 42.1 Å². The molecule has 8 heteroatoms. The largest absolute Gasteiger partial charge is 0.344 e. The summed E-state index contributed by atoms with van der Waals surface area (Å²) < 4.78 is 15.0. The molecule has 6 nitrogen and oxygen atoms in total. The van der Waals surface area contributed by atoms with Gasteiger partial charge in [0.25, 0.3) is 0 Å². The summed E-state index contributed by atoms with van der Waals surface area (Å²) in [6.07, 6.45) is 2.01. The van der Waals surface area contributed by atoms with E-state index in [4.69, 9.17) is 5.26 Å². The Morgan fingerprint density at radius 3 is 2.77 bits per heavy atom. The van der Waals surface area contributed by atoms with Crippen molar-refractivity contribution in [1.29, 1.82) is 5.26 Å². The van der Waals surface area contributed by atoms with Gasteiger partial charge in [-0.15, -0.1) is 16.8 Å². The fourth-order valence-electron chi connectivity index (χ4n) is 2.33. The number of nitrogens with zero attached hydrogens (tertiary/aromatic N) is 5. The number of carbonyl (C=O) groups excluding carboxylic acids is 1. The first-order valence-corrected chi connectivity index (χ1v) is 8.94. The van der Waals surface area contributed by atoms with Crippen molar-refractivity contribution in [2.45, 2.75) is 30.3 Å². The lowest BCUT2D eigenvalue weighted by molar-refractivity contribution is -0.128. The van der Waals surface area contributed by atoms with Gasteiger partial charge in [0.05, 0.1) is 17.7 Å². The summed E-state index contributed by atoms with van der Waals surface area (Å²) in [6.45, 7) is 6.40. The van der Waals surface area contributed by atoms with E-state index >= 15 is 0 Å². The monoisotopic (exact) mass is 373 g/mol. The Hall–Kier alpha value is -2.66. The molecule has 1 heterocycles. The number of aromatic nitrogens is 3. The molecule has 0 spiro atoms. The van der Waals surface area contributed by atoms with Crippen LogP contribution in [0.3, 0.4) is 0 Å². The second kappa shape index (κ2) is 9.15. The summed E-state index contributed by atoms with van der Waals surface area (Å²) in [5.74, 6) is 0.185. The Morgan fingerprint density at radius 2 is 2.15 bits per heavy atom. The first-order valence-electron chi connectivity index (χ1n) is 8.06. The molecular formula is C18H20FN5OS. The molecule has 0 unspecified atom stereocenters. The Bertz CT molecular complexity index is 812. The highest BCUT2D eigenvalue weighted by Gasteiger charge is 2.22. The minimum atomic E-state index is -0.382. The van der Waals surface area contributed by atoms with E-state index in [0.29, 0.717) is 30.5 Å². The second-order valence-corrected chi connectivity index (χ2v) is 6.95. The molecule has 1 atom stereocenters. The van der Waals surface area contributed by atoms with Gasteiger partial charge < -0.3 is 4.90 Å². The quantitative estimate of drug-likeness (QED) is 0.525. The number of carbonyl (C=O) groups is 1. The van der Waals surface area contributed by atoms with Crippen LogP contribution in [-0.4, -0.2) is 44.4 Å². The lowest BCUT2D eigenvalue weighted by Gasteiger charge is -2.19. The van der Waals surface area contributed by atoms with E-state index in [1.54, 1.807) is 32.2 Å². The standard InChI is InChI=1S/C18H20FN5OS/c1-4-11-24-16(14-6-8-15(19)9-7-14)21-22-18(24)26-13(2)17(25)23(3)12-5-10-20/h4,6-9,13H,1,5,11-12H2,2-3H3/t13-/m0/s1. The number of nitriles is 1. The van der Waals surface area contributed by atoms with Gasteiger partial charge in [-0.05, 0) is 31.2 Å². The summed E-state index contributed by atoms with van der Waals surface area (Å²) >= 11 is 1.29. The summed E-state index contributed by atoms with van der Waals surface area (Å²) in [6, 6.07) is 8.03. The van der Waals surface area contributed by atoms with E-state index in [9.17, 15) is 9.18 Å². The molecule has 0 radical (unpaired) electrons. The normalized spacial score (nSPS) is 11.6. The van der Waals surface area contributed by atoms with Gasteiger partial charge in [0.2, 0.25) is 5.91 Å². The van der Waals surface area contributed by atoms with Gasteiger partial charge in [0.15, 0.2) is 11.0 Å². The van der Waals surface area contributed by atoms with E-state index in [-0.39, 0.29) is 17.0 Å². The maximum atomic E-state index is 13.2. The highest BCUT2D eigenvalue weighted by atomic mass is 32.2. The van der Waals surface area contributed by atoms with E-state index in [1.807, 2.05) is 10.6 Å². The molecule has 2 rings (SSSR count). The molecule has 1 amide bonds. The van der Waals surface area contributed by atoms with Crippen LogP contribution >= 0.6 is 11.8 Å². The molecule has 136 valence electrons.